The molecule has 1 N–H and O–H groups in total. The van der Waals surface area contributed by atoms with E-state index in [1.165, 1.54) is 5.52 Å². The fourth-order valence-corrected chi connectivity index (χ4v) is 4.44. The van der Waals surface area contributed by atoms with Gasteiger partial charge in [0.15, 0.2) is 11.5 Å². The minimum atomic E-state index is -0.256. The van der Waals surface area contributed by atoms with E-state index in [-0.39, 0.29) is 5.91 Å². The van der Waals surface area contributed by atoms with Crippen LogP contribution in [0.25, 0.3) is 11.0 Å². The lowest BCUT2D eigenvalue weighted by molar-refractivity contribution is 0.102. The molecule has 3 heterocycles. The summed E-state index contributed by atoms with van der Waals surface area (Å²) in [6, 6.07) is 21.8. The molecule has 1 aliphatic rings. The zero-order valence-corrected chi connectivity index (χ0v) is 18.1. The van der Waals surface area contributed by atoms with Crippen molar-refractivity contribution < 1.29 is 4.79 Å². The Morgan fingerprint density at radius 3 is 2.44 bits per heavy atom. The summed E-state index contributed by atoms with van der Waals surface area (Å²) in [4.78, 5) is 19.5. The Morgan fingerprint density at radius 2 is 1.72 bits per heavy atom. The van der Waals surface area contributed by atoms with Gasteiger partial charge >= 0.3 is 0 Å². The van der Waals surface area contributed by atoms with Crippen LogP contribution in [0, 0.1) is 0 Å². The average Bonchev–Trinajstić information content (AvgIpc) is 3.23. The summed E-state index contributed by atoms with van der Waals surface area (Å²) in [7, 11) is 0. The number of hydrogen-bond acceptors (Lipinski definition) is 5. The van der Waals surface area contributed by atoms with Crippen LogP contribution in [0.3, 0.4) is 0 Å². The van der Waals surface area contributed by atoms with E-state index in [1.807, 2.05) is 42.5 Å². The van der Waals surface area contributed by atoms with E-state index in [2.05, 4.69) is 50.1 Å². The van der Waals surface area contributed by atoms with Crippen molar-refractivity contribution in [2.45, 2.75) is 32.2 Å². The highest BCUT2D eigenvalue weighted by atomic mass is 16.1. The molecular weight excluding hydrogens is 400 g/mol. The molecule has 1 amide bonds. The molecule has 32 heavy (non-hydrogen) atoms. The van der Waals surface area contributed by atoms with Gasteiger partial charge in [0.1, 0.15) is 5.82 Å². The predicted octanol–water partition coefficient (Wildman–Crippen LogP) is 4.48. The summed E-state index contributed by atoms with van der Waals surface area (Å²) < 4.78 is 2.43. The molecular formula is C25H26N6O. The maximum atomic E-state index is 12.4. The Hall–Kier alpha value is -3.74. The Bertz CT molecular complexity index is 1210. The second-order valence-electron chi connectivity index (χ2n) is 8.06. The molecule has 0 unspecified atom stereocenters. The quantitative estimate of drug-likeness (QED) is 0.509. The van der Waals surface area contributed by atoms with Crippen molar-refractivity contribution in [3.05, 3.63) is 78.2 Å². The number of aryl methyl sites for hydroxylation is 1. The van der Waals surface area contributed by atoms with Crippen molar-refractivity contribution in [2.24, 2.45) is 0 Å². The second kappa shape index (κ2) is 8.78. The van der Waals surface area contributed by atoms with Crippen LogP contribution in [0.15, 0.2) is 66.7 Å². The fraction of sp³-hybridized carbons (Fsp3) is 0.280. The third kappa shape index (κ3) is 3.93. The molecule has 0 aliphatic carbocycles. The number of carbonyl (C=O) groups is 1. The molecule has 162 valence electrons. The molecule has 0 spiro atoms. The van der Waals surface area contributed by atoms with Crippen molar-refractivity contribution in [1.82, 2.24) is 19.7 Å². The van der Waals surface area contributed by atoms with Crippen LogP contribution in [0.1, 0.15) is 42.1 Å². The number of anilines is 2. The minimum Gasteiger partial charge on any atom is -0.355 e. The van der Waals surface area contributed by atoms with Crippen LogP contribution in [-0.2, 0) is 6.42 Å². The van der Waals surface area contributed by atoms with Gasteiger partial charge in [0.05, 0.1) is 11.0 Å². The van der Waals surface area contributed by atoms with E-state index in [4.69, 9.17) is 4.98 Å². The Kier molecular flexibility index (Phi) is 5.54. The molecule has 0 atom stereocenters. The smallest absolute Gasteiger partial charge is 0.276 e. The van der Waals surface area contributed by atoms with Gasteiger partial charge in [0.2, 0.25) is 0 Å². The number of para-hydroxylation sites is 3. The minimum absolute atomic E-state index is 0.256. The summed E-state index contributed by atoms with van der Waals surface area (Å²) in [6.45, 7) is 3.95. The third-order valence-electron chi connectivity index (χ3n) is 6.05. The first kappa shape index (κ1) is 20.2. The normalized spacial score (nSPS) is 14.6. The Morgan fingerprint density at radius 1 is 0.969 bits per heavy atom. The lowest BCUT2D eigenvalue weighted by atomic mass is 10.0. The number of nitrogens with zero attached hydrogens (tertiary/aromatic N) is 5. The zero-order valence-electron chi connectivity index (χ0n) is 18.1. The van der Waals surface area contributed by atoms with Crippen LogP contribution in [-0.4, -0.2) is 38.7 Å². The SMILES string of the molecule is CCc1nc2ccccc2n1C1CCN(c2ccc(C(=O)Nc3ccccc3)nn2)CC1. The van der Waals surface area contributed by atoms with Gasteiger partial charge in [0.25, 0.3) is 5.91 Å². The highest BCUT2D eigenvalue weighted by Gasteiger charge is 2.25. The van der Waals surface area contributed by atoms with Crippen molar-refractivity contribution in [3.63, 3.8) is 0 Å². The molecule has 1 saturated heterocycles. The van der Waals surface area contributed by atoms with Crippen LogP contribution in [0.4, 0.5) is 11.5 Å². The van der Waals surface area contributed by atoms with Gasteiger partial charge in [-0.1, -0.05) is 37.3 Å². The first-order valence-electron chi connectivity index (χ1n) is 11.1. The summed E-state index contributed by atoms with van der Waals surface area (Å²) in [6.07, 6.45) is 2.96. The highest BCUT2D eigenvalue weighted by Crippen LogP contribution is 2.30. The molecule has 0 saturated carbocycles. The van der Waals surface area contributed by atoms with E-state index in [0.717, 1.165) is 55.2 Å². The fourth-order valence-electron chi connectivity index (χ4n) is 4.44. The second-order valence-corrected chi connectivity index (χ2v) is 8.06. The topological polar surface area (TPSA) is 75.9 Å². The molecule has 1 fully saturated rings. The van der Waals surface area contributed by atoms with E-state index in [1.54, 1.807) is 6.07 Å². The highest BCUT2D eigenvalue weighted by molar-refractivity contribution is 6.02. The summed E-state index contributed by atoms with van der Waals surface area (Å²) in [5.74, 6) is 1.71. The largest absolute Gasteiger partial charge is 0.355 e. The molecule has 7 nitrogen and oxygen atoms in total. The van der Waals surface area contributed by atoms with Crippen LogP contribution < -0.4 is 10.2 Å². The predicted molar refractivity (Wildman–Crippen MR) is 126 cm³/mol. The van der Waals surface area contributed by atoms with Gasteiger partial charge in [-0.3, -0.25) is 4.79 Å². The summed E-state index contributed by atoms with van der Waals surface area (Å²) in [5, 5.41) is 11.3. The average molecular weight is 427 g/mol. The summed E-state index contributed by atoms with van der Waals surface area (Å²) in [5.41, 5.74) is 3.34. The number of rotatable bonds is 5. The molecule has 0 bridgehead atoms. The van der Waals surface area contributed by atoms with Gasteiger partial charge in [-0.2, -0.15) is 0 Å². The third-order valence-corrected chi connectivity index (χ3v) is 6.05. The number of carbonyl (C=O) groups excluding carboxylic acids is 1. The van der Waals surface area contributed by atoms with E-state index >= 15 is 0 Å². The number of hydrogen-bond donors (Lipinski definition) is 1. The monoisotopic (exact) mass is 426 g/mol. The maximum Gasteiger partial charge on any atom is 0.276 e. The first-order chi connectivity index (χ1) is 15.7. The van der Waals surface area contributed by atoms with Gasteiger partial charge < -0.3 is 14.8 Å². The van der Waals surface area contributed by atoms with Crippen LogP contribution in [0.5, 0.6) is 0 Å². The van der Waals surface area contributed by atoms with Crippen LogP contribution >= 0.6 is 0 Å². The lowest BCUT2D eigenvalue weighted by Crippen LogP contribution is -2.35. The number of benzene rings is 2. The van der Waals surface area contributed by atoms with Crippen molar-refractivity contribution in [2.75, 3.05) is 23.3 Å². The van der Waals surface area contributed by atoms with Gasteiger partial charge in [-0.05, 0) is 49.2 Å². The molecule has 1 aliphatic heterocycles. The van der Waals surface area contributed by atoms with Gasteiger partial charge in [-0.25, -0.2) is 4.98 Å². The van der Waals surface area contributed by atoms with E-state index < -0.39 is 0 Å². The number of piperidine rings is 1. The number of aromatic nitrogens is 4. The molecule has 0 radical (unpaired) electrons. The van der Waals surface area contributed by atoms with Crippen molar-refractivity contribution >= 4 is 28.4 Å². The molecule has 7 heteroatoms. The Balaban J connectivity index is 1.25. The van der Waals surface area contributed by atoms with Gasteiger partial charge in [0, 0.05) is 31.2 Å². The lowest BCUT2D eigenvalue weighted by Gasteiger charge is -2.34. The molecule has 4 aromatic rings. The number of amides is 1. The van der Waals surface area contributed by atoms with Crippen LogP contribution in [0.2, 0.25) is 0 Å². The maximum absolute atomic E-state index is 12.4. The molecule has 5 rings (SSSR count). The standard InChI is InChI=1S/C25H26N6O/c1-2-23-27-20-10-6-7-11-22(20)31(23)19-14-16-30(17-15-19)24-13-12-21(28-29-24)25(32)26-18-8-4-3-5-9-18/h3-13,19H,2,14-17H2,1H3,(H,26,32). The van der Waals surface area contributed by atoms with E-state index in [9.17, 15) is 4.79 Å². The van der Waals surface area contributed by atoms with Gasteiger partial charge in [-0.15, -0.1) is 10.2 Å². The first-order valence-corrected chi connectivity index (χ1v) is 11.1. The molecule has 2 aromatic heterocycles. The number of imidazole rings is 1. The summed E-state index contributed by atoms with van der Waals surface area (Å²) >= 11 is 0. The molecule has 2 aromatic carbocycles. The number of nitrogens with one attached hydrogen (secondary N) is 1. The van der Waals surface area contributed by atoms with Crippen molar-refractivity contribution in [1.29, 1.82) is 0 Å². The van der Waals surface area contributed by atoms with Crippen molar-refractivity contribution in [3.8, 4) is 0 Å². The number of fused-ring (bicyclic) bond motifs is 1. The Labute approximate surface area is 187 Å². The van der Waals surface area contributed by atoms with E-state index in [0.29, 0.717) is 11.7 Å². The zero-order chi connectivity index (χ0) is 21.9.